The lowest BCUT2D eigenvalue weighted by Gasteiger charge is -2.26. The molecule has 1 aliphatic heterocycles. The third-order valence-corrected chi connectivity index (χ3v) is 5.74. The highest BCUT2D eigenvalue weighted by atomic mass is 16.5. The van der Waals surface area contributed by atoms with Gasteiger partial charge in [0, 0.05) is 11.3 Å². The average molecular weight is 458 g/mol. The number of amides is 1. The van der Waals surface area contributed by atoms with E-state index in [1.54, 1.807) is 36.4 Å². The molecule has 0 aromatic heterocycles. The Kier molecular flexibility index (Phi) is 6.41. The first-order valence-electron chi connectivity index (χ1n) is 11.2. The van der Waals surface area contributed by atoms with Crippen molar-refractivity contribution in [2.45, 2.75) is 33.2 Å². The van der Waals surface area contributed by atoms with Gasteiger partial charge >= 0.3 is 0 Å². The van der Waals surface area contributed by atoms with Crippen molar-refractivity contribution in [3.63, 3.8) is 0 Å². The van der Waals surface area contributed by atoms with E-state index in [9.17, 15) is 19.8 Å². The van der Waals surface area contributed by atoms with Crippen LogP contribution in [0.5, 0.6) is 11.5 Å². The van der Waals surface area contributed by atoms with Crippen LogP contribution in [0.15, 0.2) is 72.3 Å². The van der Waals surface area contributed by atoms with Gasteiger partial charge in [0.1, 0.15) is 17.3 Å². The maximum absolute atomic E-state index is 13.3. The Bertz CT molecular complexity index is 1240. The summed E-state index contributed by atoms with van der Waals surface area (Å²) in [6.45, 7) is 6.43. The van der Waals surface area contributed by atoms with Gasteiger partial charge in [-0.1, -0.05) is 25.1 Å². The molecule has 1 heterocycles. The number of aromatic hydroxyl groups is 1. The number of phenols is 1. The highest BCUT2D eigenvalue weighted by molar-refractivity contribution is 6.51. The van der Waals surface area contributed by atoms with E-state index in [1.807, 2.05) is 39.0 Å². The molecule has 3 aromatic carbocycles. The number of phenolic OH excluding ortho intramolecular Hbond substituents is 1. The van der Waals surface area contributed by atoms with Gasteiger partial charge in [-0.2, -0.15) is 0 Å². The molecule has 4 rings (SSSR count). The molecule has 0 bridgehead atoms. The fraction of sp³-hybridized carbons (Fsp3) is 0.214. The van der Waals surface area contributed by atoms with Crippen LogP contribution < -0.4 is 9.64 Å². The van der Waals surface area contributed by atoms with Crippen molar-refractivity contribution in [3.05, 3.63) is 94.6 Å². The van der Waals surface area contributed by atoms with Crippen LogP contribution in [-0.2, 0) is 9.59 Å². The summed E-state index contributed by atoms with van der Waals surface area (Å²) in [4.78, 5) is 27.9. The van der Waals surface area contributed by atoms with Crippen molar-refractivity contribution in [1.29, 1.82) is 0 Å². The maximum Gasteiger partial charge on any atom is 0.300 e. The van der Waals surface area contributed by atoms with E-state index in [0.29, 0.717) is 29.2 Å². The summed E-state index contributed by atoms with van der Waals surface area (Å²) in [5, 5.41) is 21.0. The van der Waals surface area contributed by atoms with E-state index >= 15 is 0 Å². The second-order valence-electron chi connectivity index (χ2n) is 8.48. The normalized spacial score (nSPS) is 17.3. The smallest absolute Gasteiger partial charge is 0.300 e. The molecule has 2 N–H and O–H groups in total. The molecule has 0 spiro atoms. The summed E-state index contributed by atoms with van der Waals surface area (Å²) in [7, 11) is 0. The number of hydrogen-bond donors (Lipinski definition) is 2. The van der Waals surface area contributed by atoms with Gasteiger partial charge < -0.3 is 14.9 Å². The minimum Gasteiger partial charge on any atom is -0.508 e. The molecule has 1 atom stereocenters. The molecule has 3 aromatic rings. The van der Waals surface area contributed by atoms with E-state index in [2.05, 4.69) is 0 Å². The predicted molar refractivity (Wildman–Crippen MR) is 131 cm³/mol. The lowest BCUT2D eigenvalue weighted by atomic mass is 9.95. The molecule has 1 aliphatic rings. The summed E-state index contributed by atoms with van der Waals surface area (Å²) < 4.78 is 5.60. The number of ketones is 1. The molecule has 1 unspecified atom stereocenters. The van der Waals surface area contributed by atoms with E-state index in [0.717, 1.165) is 17.5 Å². The maximum atomic E-state index is 13.3. The van der Waals surface area contributed by atoms with Gasteiger partial charge in [-0.25, -0.2) is 0 Å². The number of carbonyl (C=O) groups is 2. The quantitative estimate of drug-likeness (QED) is 0.293. The average Bonchev–Trinajstić information content (AvgIpc) is 3.08. The van der Waals surface area contributed by atoms with Crippen molar-refractivity contribution in [1.82, 2.24) is 0 Å². The van der Waals surface area contributed by atoms with Crippen LogP contribution in [0.2, 0.25) is 0 Å². The summed E-state index contributed by atoms with van der Waals surface area (Å²) in [6, 6.07) is 17.9. The van der Waals surface area contributed by atoms with Crippen molar-refractivity contribution < 1.29 is 24.5 Å². The van der Waals surface area contributed by atoms with E-state index in [-0.39, 0.29) is 17.1 Å². The first-order valence-corrected chi connectivity index (χ1v) is 11.2. The Labute approximate surface area is 198 Å². The number of rotatable bonds is 6. The van der Waals surface area contributed by atoms with Crippen LogP contribution in [0.4, 0.5) is 5.69 Å². The molecule has 0 radical (unpaired) electrons. The van der Waals surface area contributed by atoms with Gasteiger partial charge in [-0.15, -0.1) is 0 Å². The summed E-state index contributed by atoms with van der Waals surface area (Å²) in [5.41, 5.74) is 3.47. The molecule has 6 heteroatoms. The van der Waals surface area contributed by atoms with Gasteiger partial charge in [0.05, 0.1) is 18.2 Å². The number of anilines is 1. The van der Waals surface area contributed by atoms with Gasteiger partial charge in [0.15, 0.2) is 0 Å². The zero-order chi connectivity index (χ0) is 24.4. The Morgan fingerprint density at radius 2 is 1.56 bits per heavy atom. The van der Waals surface area contributed by atoms with E-state index in [4.69, 9.17) is 4.74 Å². The molecular formula is C28H27NO5. The molecular weight excluding hydrogens is 430 g/mol. The second-order valence-corrected chi connectivity index (χ2v) is 8.48. The second kappa shape index (κ2) is 9.43. The minimum atomic E-state index is -0.849. The fourth-order valence-corrected chi connectivity index (χ4v) is 4.25. The third-order valence-electron chi connectivity index (χ3n) is 5.74. The lowest BCUT2D eigenvalue weighted by Crippen LogP contribution is -2.29. The van der Waals surface area contributed by atoms with E-state index < -0.39 is 17.7 Å². The number of hydrogen-bond acceptors (Lipinski definition) is 5. The number of aliphatic hydroxyl groups excluding tert-OH is 1. The Hall–Kier alpha value is -4.06. The SMILES string of the molecule is CCCOc1ccc(/C(O)=C2\C(=O)C(=O)N(c3cc(C)cc(C)c3)C2c2ccc(O)cc2)cc1. The van der Waals surface area contributed by atoms with Crippen molar-refractivity contribution in [3.8, 4) is 11.5 Å². The molecule has 6 nitrogen and oxygen atoms in total. The topological polar surface area (TPSA) is 87.1 Å². The summed E-state index contributed by atoms with van der Waals surface area (Å²) >= 11 is 0. The van der Waals surface area contributed by atoms with Crippen molar-refractivity contribution in [2.24, 2.45) is 0 Å². The number of benzene rings is 3. The molecule has 1 saturated heterocycles. The lowest BCUT2D eigenvalue weighted by molar-refractivity contribution is -0.132. The zero-order valence-corrected chi connectivity index (χ0v) is 19.4. The summed E-state index contributed by atoms with van der Waals surface area (Å²) in [6.07, 6.45) is 0.871. The highest BCUT2D eigenvalue weighted by Crippen LogP contribution is 2.43. The number of ether oxygens (including phenoxy) is 1. The molecule has 0 aliphatic carbocycles. The first-order chi connectivity index (χ1) is 16.3. The molecule has 0 saturated carbocycles. The predicted octanol–water partition coefficient (Wildman–Crippen LogP) is 5.42. The fourth-order valence-electron chi connectivity index (χ4n) is 4.25. The van der Waals surface area contributed by atoms with Gasteiger partial charge in [0.25, 0.3) is 11.7 Å². The Morgan fingerprint density at radius 3 is 2.15 bits per heavy atom. The molecule has 174 valence electrons. The van der Waals surface area contributed by atoms with Gasteiger partial charge in [0.2, 0.25) is 0 Å². The van der Waals surface area contributed by atoms with Crippen LogP contribution in [0.25, 0.3) is 5.76 Å². The highest BCUT2D eigenvalue weighted by Gasteiger charge is 2.47. The standard InChI is InChI=1S/C28H27NO5/c1-4-13-34-23-11-7-20(8-12-23)26(31)24-25(19-5-9-22(30)10-6-19)29(28(33)27(24)32)21-15-17(2)14-18(3)16-21/h5-12,14-16,25,30-31H,4,13H2,1-3H3/b26-24+. The van der Waals surface area contributed by atoms with Crippen molar-refractivity contribution in [2.75, 3.05) is 11.5 Å². The van der Waals surface area contributed by atoms with E-state index in [1.165, 1.54) is 17.0 Å². The zero-order valence-electron chi connectivity index (χ0n) is 19.4. The first kappa shape index (κ1) is 23.1. The van der Waals surface area contributed by atoms with Crippen LogP contribution in [0.3, 0.4) is 0 Å². The van der Waals surface area contributed by atoms with Crippen LogP contribution in [0.1, 0.15) is 41.6 Å². The number of Topliss-reactive ketones (excluding diaryl/α,β-unsaturated/α-hetero) is 1. The molecule has 1 amide bonds. The van der Waals surface area contributed by atoms with Gasteiger partial charge in [-0.3, -0.25) is 14.5 Å². The number of aryl methyl sites for hydroxylation is 2. The van der Waals surface area contributed by atoms with Crippen molar-refractivity contribution >= 4 is 23.1 Å². The molecule has 34 heavy (non-hydrogen) atoms. The number of nitrogens with zero attached hydrogens (tertiary/aromatic N) is 1. The Balaban J connectivity index is 1.87. The molecule has 1 fully saturated rings. The minimum absolute atomic E-state index is 0.00271. The number of aliphatic hydroxyl groups is 1. The van der Waals surface area contributed by atoms with Crippen LogP contribution in [-0.4, -0.2) is 28.5 Å². The van der Waals surface area contributed by atoms with Crippen LogP contribution >= 0.6 is 0 Å². The number of carbonyl (C=O) groups excluding carboxylic acids is 2. The van der Waals surface area contributed by atoms with Crippen LogP contribution in [0, 0.1) is 13.8 Å². The van der Waals surface area contributed by atoms with Gasteiger partial charge in [-0.05, 0) is 85.5 Å². The Morgan fingerprint density at radius 1 is 0.941 bits per heavy atom. The third kappa shape index (κ3) is 4.39. The largest absolute Gasteiger partial charge is 0.508 e. The monoisotopic (exact) mass is 457 g/mol. The summed E-state index contributed by atoms with van der Waals surface area (Å²) in [5.74, 6) is -1.02.